The molecule has 4 rings (SSSR count). The molecule has 2 atom stereocenters. The van der Waals surface area contributed by atoms with Gasteiger partial charge >= 0.3 is 12.1 Å². The molecule has 2 aromatic heterocycles. The van der Waals surface area contributed by atoms with Crippen LogP contribution in [0.3, 0.4) is 0 Å². The van der Waals surface area contributed by atoms with Gasteiger partial charge in [0, 0.05) is 30.6 Å². The third-order valence-corrected chi connectivity index (χ3v) is 8.34. The molecule has 1 aliphatic heterocycles. The van der Waals surface area contributed by atoms with E-state index >= 15 is 0 Å². The number of hydrogen-bond acceptors (Lipinski definition) is 5. The van der Waals surface area contributed by atoms with Gasteiger partial charge in [-0.25, -0.2) is 4.98 Å². The number of carboxylic acid groups (broad SMARTS) is 1. The topological polar surface area (TPSA) is 105 Å². The van der Waals surface area contributed by atoms with E-state index in [-0.39, 0.29) is 24.3 Å². The van der Waals surface area contributed by atoms with Gasteiger partial charge in [0.25, 0.3) is 5.56 Å². The number of amides is 1. The van der Waals surface area contributed by atoms with Gasteiger partial charge in [-0.3, -0.25) is 14.4 Å². The van der Waals surface area contributed by atoms with Gasteiger partial charge < -0.3 is 19.9 Å². The van der Waals surface area contributed by atoms with Crippen LogP contribution in [-0.2, 0) is 22.2 Å². The summed E-state index contributed by atoms with van der Waals surface area (Å²) >= 11 is 0. The summed E-state index contributed by atoms with van der Waals surface area (Å²) in [6.07, 6.45) is 4.23. The number of nitrogens with zero attached hydrogens (tertiary/aromatic N) is 3. The Balaban J connectivity index is 1.75. The molecule has 8 nitrogen and oxygen atoms in total. The summed E-state index contributed by atoms with van der Waals surface area (Å²) in [5.74, 6) is 0.564. The van der Waals surface area contributed by atoms with Crippen LogP contribution in [0, 0.1) is 32.1 Å². The summed E-state index contributed by atoms with van der Waals surface area (Å²) in [6.45, 7) is 9.48. The number of rotatable bonds is 12. The first-order chi connectivity index (χ1) is 21.7. The number of pyridine rings is 2. The molecule has 0 unspecified atom stereocenters. The van der Waals surface area contributed by atoms with Crippen LogP contribution in [0.2, 0.25) is 0 Å². The first-order valence-electron chi connectivity index (χ1n) is 15.3. The van der Waals surface area contributed by atoms with Crippen molar-refractivity contribution in [1.82, 2.24) is 19.8 Å². The zero-order valence-corrected chi connectivity index (χ0v) is 26.4. The Bertz CT molecular complexity index is 1680. The standard InChI is InChI=1S/C35H39F3N4O4/c1-6-28-26(33-22(4)9-7-10-23(33)5)16-25(19-39-28)29(18-32(44)45)40-34(46)30(15-21(2)3)42-20-24(11-14-41-12-8-13-41)27(17-31(42)43)35(36,37)38/h1,7,9-10,16-17,19-21,29-30H,8,11-15,18H2,2-5H3,(H,40,46)(H,44,45)/t29-,30-/m0/s1. The number of carbonyl (C=O) groups excluding carboxylic acids is 1. The Hall–Kier alpha value is -4.43. The van der Waals surface area contributed by atoms with E-state index < -0.39 is 47.7 Å². The number of aromatic nitrogens is 2. The first kappa shape index (κ1) is 34.4. The quantitative estimate of drug-likeness (QED) is 0.248. The predicted molar refractivity (Wildman–Crippen MR) is 169 cm³/mol. The Labute approximate surface area is 266 Å². The molecule has 1 aliphatic rings. The van der Waals surface area contributed by atoms with Crippen LogP contribution < -0.4 is 10.9 Å². The van der Waals surface area contributed by atoms with E-state index in [1.807, 2.05) is 50.8 Å². The van der Waals surface area contributed by atoms with Gasteiger partial charge in [-0.1, -0.05) is 32.0 Å². The molecular formula is C35H39F3N4O4. The Morgan fingerprint density at radius 2 is 1.83 bits per heavy atom. The molecule has 1 fully saturated rings. The molecule has 2 N–H and O–H groups in total. The Kier molecular flexibility index (Phi) is 10.7. The molecule has 0 bridgehead atoms. The van der Waals surface area contributed by atoms with Crippen LogP contribution in [0.5, 0.6) is 0 Å². The highest BCUT2D eigenvalue weighted by Crippen LogP contribution is 2.34. The lowest BCUT2D eigenvalue weighted by Gasteiger charge is -2.31. The molecule has 46 heavy (non-hydrogen) atoms. The lowest BCUT2D eigenvalue weighted by atomic mass is 9.92. The van der Waals surface area contributed by atoms with E-state index in [0.717, 1.165) is 47.0 Å². The monoisotopic (exact) mass is 636 g/mol. The van der Waals surface area contributed by atoms with E-state index in [1.165, 1.54) is 6.20 Å². The van der Waals surface area contributed by atoms with E-state index in [4.69, 9.17) is 6.42 Å². The van der Waals surface area contributed by atoms with Crippen molar-refractivity contribution in [1.29, 1.82) is 0 Å². The first-order valence-corrected chi connectivity index (χ1v) is 15.3. The largest absolute Gasteiger partial charge is 0.481 e. The van der Waals surface area contributed by atoms with Crippen LogP contribution >= 0.6 is 0 Å². The second kappa shape index (κ2) is 14.3. The summed E-state index contributed by atoms with van der Waals surface area (Å²) in [5.41, 5.74) is 1.97. The number of hydrogen-bond donors (Lipinski definition) is 2. The third kappa shape index (κ3) is 8.04. The molecule has 3 heterocycles. The molecule has 0 saturated carbocycles. The van der Waals surface area contributed by atoms with Gasteiger partial charge in [-0.15, -0.1) is 6.42 Å². The lowest BCUT2D eigenvalue weighted by Crippen LogP contribution is -2.41. The number of aryl methyl sites for hydroxylation is 2. The van der Waals surface area contributed by atoms with E-state index in [0.29, 0.717) is 29.4 Å². The highest BCUT2D eigenvalue weighted by Gasteiger charge is 2.36. The molecule has 0 aliphatic carbocycles. The minimum absolute atomic E-state index is 0.0566. The summed E-state index contributed by atoms with van der Waals surface area (Å²) in [7, 11) is 0. The normalized spacial score (nSPS) is 14.8. The molecule has 244 valence electrons. The molecular weight excluding hydrogens is 597 g/mol. The van der Waals surface area contributed by atoms with E-state index in [9.17, 15) is 32.7 Å². The van der Waals surface area contributed by atoms with Crippen LogP contribution in [0.15, 0.2) is 47.5 Å². The SMILES string of the molecule is C#Cc1ncc([C@H](CC(=O)O)NC(=O)[C@H](CC(C)C)n2cc(CCN3CCC3)c(C(F)(F)F)cc2=O)cc1-c1c(C)cccc1C. The zero-order chi connectivity index (χ0) is 33.8. The number of benzene rings is 1. The average Bonchev–Trinajstić information content (AvgIpc) is 2.94. The van der Waals surface area contributed by atoms with Gasteiger partial charge in [-0.2, -0.15) is 13.2 Å². The molecule has 11 heteroatoms. The van der Waals surface area contributed by atoms with Crippen molar-refractivity contribution in [3.8, 4) is 23.5 Å². The minimum Gasteiger partial charge on any atom is -0.481 e. The van der Waals surface area contributed by atoms with E-state index in [2.05, 4.69) is 16.2 Å². The van der Waals surface area contributed by atoms with Gasteiger partial charge in [0.1, 0.15) is 11.7 Å². The maximum atomic E-state index is 14.0. The van der Waals surface area contributed by atoms with Gasteiger partial charge in [0.2, 0.25) is 5.91 Å². The molecule has 1 amide bonds. The maximum absolute atomic E-state index is 14.0. The highest BCUT2D eigenvalue weighted by atomic mass is 19.4. The number of terminal acetylenes is 1. The van der Waals surface area contributed by atoms with Crippen LogP contribution in [0.4, 0.5) is 13.2 Å². The Morgan fingerprint density at radius 3 is 2.37 bits per heavy atom. The molecule has 3 aromatic rings. The fourth-order valence-electron chi connectivity index (χ4n) is 5.89. The number of likely N-dealkylation sites (tertiary alicyclic amines) is 1. The molecule has 1 aromatic carbocycles. The number of alkyl halides is 3. The minimum atomic E-state index is -4.74. The number of halogens is 3. The van der Waals surface area contributed by atoms with E-state index in [1.54, 1.807) is 6.07 Å². The third-order valence-electron chi connectivity index (χ3n) is 8.34. The van der Waals surface area contributed by atoms with Gasteiger partial charge in [0.15, 0.2) is 0 Å². The van der Waals surface area contributed by atoms with Crippen molar-refractivity contribution < 1.29 is 27.9 Å². The molecule has 0 radical (unpaired) electrons. The summed E-state index contributed by atoms with van der Waals surface area (Å²) in [5, 5.41) is 12.6. The van der Waals surface area contributed by atoms with Gasteiger partial charge in [0.05, 0.1) is 18.0 Å². The average molecular weight is 637 g/mol. The lowest BCUT2D eigenvalue weighted by molar-refractivity contribution is -0.139. The molecule has 1 saturated heterocycles. The van der Waals surface area contributed by atoms with Crippen LogP contribution in [0.25, 0.3) is 11.1 Å². The van der Waals surface area contributed by atoms with Crippen LogP contribution in [-0.4, -0.2) is 51.1 Å². The highest BCUT2D eigenvalue weighted by molar-refractivity contribution is 5.82. The second-order valence-corrected chi connectivity index (χ2v) is 12.3. The number of nitrogens with one attached hydrogen (secondary N) is 1. The van der Waals surface area contributed by atoms with Gasteiger partial charge in [-0.05, 0) is 91.9 Å². The molecule has 0 spiro atoms. The Morgan fingerprint density at radius 1 is 1.15 bits per heavy atom. The predicted octanol–water partition coefficient (Wildman–Crippen LogP) is 5.69. The van der Waals surface area contributed by atoms with Crippen molar-refractivity contribution in [3.05, 3.63) is 86.6 Å². The summed E-state index contributed by atoms with van der Waals surface area (Å²) in [6, 6.07) is 5.75. The fourth-order valence-corrected chi connectivity index (χ4v) is 5.89. The summed E-state index contributed by atoms with van der Waals surface area (Å²) < 4.78 is 43.0. The number of aliphatic carboxylic acids is 1. The second-order valence-electron chi connectivity index (χ2n) is 12.3. The zero-order valence-electron chi connectivity index (χ0n) is 26.4. The van der Waals surface area contributed by atoms with Crippen LogP contribution in [0.1, 0.15) is 78.7 Å². The fraction of sp³-hybridized carbons (Fsp3) is 0.429. The van der Waals surface area contributed by atoms with Crippen molar-refractivity contribution in [3.63, 3.8) is 0 Å². The van der Waals surface area contributed by atoms with Crippen molar-refractivity contribution in [2.45, 2.75) is 71.6 Å². The smallest absolute Gasteiger partial charge is 0.416 e. The number of carboxylic acids is 1. The maximum Gasteiger partial charge on any atom is 0.416 e. The van der Waals surface area contributed by atoms with Crippen molar-refractivity contribution in [2.24, 2.45) is 5.92 Å². The van der Waals surface area contributed by atoms with Crippen molar-refractivity contribution >= 4 is 11.9 Å². The summed E-state index contributed by atoms with van der Waals surface area (Å²) in [4.78, 5) is 45.6. The van der Waals surface area contributed by atoms with Crippen molar-refractivity contribution in [2.75, 3.05) is 19.6 Å². The number of carbonyl (C=O) groups is 2.